The number of carboxylic acids is 1. The third-order valence-corrected chi connectivity index (χ3v) is 5.71. The van der Waals surface area contributed by atoms with Crippen LogP contribution in [0, 0.1) is 0 Å². The van der Waals surface area contributed by atoms with Gasteiger partial charge in [0.25, 0.3) is 5.56 Å². The van der Waals surface area contributed by atoms with Crippen LogP contribution in [-0.4, -0.2) is 54.1 Å². The Morgan fingerprint density at radius 3 is 2.12 bits per heavy atom. The summed E-state index contributed by atoms with van der Waals surface area (Å²) in [6, 6.07) is 12.8. The first kappa shape index (κ1) is 35.1. The number of nitrogens with one attached hydrogen (secondary N) is 1. The average molecular weight is 587 g/mol. The maximum absolute atomic E-state index is 12.2. The summed E-state index contributed by atoms with van der Waals surface area (Å²) in [5.74, 6) is -0.567. The summed E-state index contributed by atoms with van der Waals surface area (Å²) in [6.45, 7) is 10.7. The Balaban J connectivity index is 0.000000385. The van der Waals surface area contributed by atoms with E-state index in [1.54, 1.807) is 56.4 Å². The van der Waals surface area contributed by atoms with Crippen LogP contribution in [-0.2, 0) is 16.1 Å². The van der Waals surface area contributed by atoms with E-state index in [0.29, 0.717) is 45.7 Å². The summed E-state index contributed by atoms with van der Waals surface area (Å²) in [5, 5.41) is 11.9. The number of carbonyl (C=O) groups is 3. The van der Waals surface area contributed by atoms with Crippen LogP contribution in [0.5, 0.6) is 5.75 Å². The number of nitrogens with zero attached hydrogens (tertiary/aromatic N) is 1. The van der Waals surface area contributed by atoms with E-state index in [9.17, 15) is 19.2 Å². The molecule has 0 atom stereocenters. The van der Waals surface area contributed by atoms with E-state index in [0.717, 1.165) is 12.3 Å². The monoisotopic (exact) mass is 586 g/mol. The molecule has 222 valence electrons. The Labute approximate surface area is 246 Å². The van der Waals surface area contributed by atoms with Crippen LogP contribution in [0.4, 0.5) is 5.69 Å². The number of anilines is 1. The Bertz CT molecular complexity index is 1360. The van der Waals surface area contributed by atoms with Gasteiger partial charge in [-0.05, 0) is 75.7 Å². The number of benzene rings is 2. The lowest BCUT2D eigenvalue weighted by Crippen LogP contribution is -2.20. The molecule has 9 nitrogen and oxygen atoms in total. The van der Waals surface area contributed by atoms with Crippen molar-refractivity contribution in [2.45, 2.75) is 53.2 Å². The molecular formula is C31H39ClN2O7. The Hall–Kier alpha value is -3.95. The molecule has 41 heavy (non-hydrogen) atoms. The Morgan fingerprint density at radius 2 is 1.68 bits per heavy atom. The fourth-order valence-electron chi connectivity index (χ4n) is 3.53. The minimum Gasteiger partial charge on any atom is -0.495 e. The Morgan fingerprint density at radius 1 is 1.05 bits per heavy atom. The Kier molecular flexibility index (Phi) is 14.5. The number of aldehydes is 1. The number of aromatic carboxylic acids is 1. The quantitative estimate of drug-likeness (QED) is 0.224. The van der Waals surface area contributed by atoms with Crippen LogP contribution in [0.25, 0.3) is 11.1 Å². The third-order valence-electron chi connectivity index (χ3n) is 5.47. The summed E-state index contributed by atoms with van der Waals surface area (Å²) in [6.07, 6.45) is 2.41. The molecule has 0 amide bonds. The number of Topliss-reactive ketones (excluding diaryl/α,β-unsaturated/α-hetero) is 1. The van der Waals surface area contributed by atoms with Crippen molar-refractivity contribution < 1.29 is 29.0 Å². The molecule has 0 bridgehead atoms. The topological polar surface area (TPSA) is 124 Å². The standard InChI is InChI=1S/C17H16ClNO4.C8H9NO2.C6H14O/c1-3-15(21)12-5-4-11(18)8-13(12)14-9-17(22)19(6-7-20)10-16(14)23-2;1-9-7-4-2-6(3-5-7)8(10)11;1-5-7-6(2,3)4/h4-5,7-10H,3,6H2,1-2H3;2-5,9H,1H3,(H,10,11);5H2,1-4H3. The van der Waals surface area contributed by atoms with Crippen molar-refractivity contribution >= 4 is 35.3 Å². The SMILES string of the molecule is CCC(=O)c1ccc(Cl)cc1-c1cc(=O)n(CC=O)cc1OC.CCOC(C)(C)C.CNc1ccc(C(=O)O)cc1. The molecule has 1 aromatic heterocycles. The van der Waals surface area contributed by atoms with Crippen molar-refractivity contribution in [1.29, 1.82) is 0 Å². The number of hydrogen-bond acceptors (Lipinski definition) is 7. The van der Waals surface area contributed by atoms with Gasteiger partial charge in [-0.25, -0.2) is 4.79 Å². The molecule has 0 aliphatic rings. The summed E-state index contributed by atoms with van der Waals surface area (Å²) in [4.78, 5) is 45.3. The van der Waals surface area contributed by atoms with Crippen LogP contribution in [0.3, 0.4) is 0 Å². The first-order chi connectivity index (χ1) is 19.3. The molecule has 0 unspecified atom stereocenters. The van der Waals surface area contributed by atoms with Gasteiger partial charge in [-0.1, -0.05) is 18.5 Å². The number of ether oxygens (including phenoxy) is 2. The number of hydrogen-bond donors (Lipinski definition) is 2. The van der Waals surface area contributed by atoms with Crippen molar-refractivity contribution in [2.75, 3.05) is 26.1 Å². The molecular weight excluding hydrogens is 548 g/mol. The van der Waals surface area contributed by atoms with Gasteiger partial charge in [-0.15, -0.1) is 0 Å². The normalized spacial score (nSPS) is 10.3. The maximum Gasteiger partial charge on any atom is 0.335 e. The van der Waals surface area contributed by atoms with Crippen molar-refractivity contribution in [3.8, 4) is 16.9 Å². The highest BCUT2D eigenvalue weighted by atomic mass is 35.5. The van der Waals surface area contributed by atoms with Crippen LogP contribution in [0.15, 0.2) is 59.5 Å². The first-order valence-electron chi connectivity index (χ1n) is 13.0. The molecule has 0 spiro atoms. The number of pyridine rings is 1. The van der Waals surface area contributed by atoms with Gasteiger partial charge in [0.1, 0.15) is 12.0 Å². The molecule has 0 saturated carbocycles. The number of methoxy groups -OCH3 is 1. The van der Waals surface area contributed by atoms with E-state index < -0.39 is 5.97 Å². The van der Waals surface area contributed by atoms with Gasteiger partial charge in [0.15, 0.2) is 5.78 Å². The molecule has 1 heterocycles. The maximum atomic E-state index is 12.2. The minimum atomic E-state index is -0.896. The van der Waals surface area contributed by atoms with Crippen LogP contribution >= 0.6 is 11.6 Å². The molecule has 3 aromatic rings. The fourth-order valence-corrected chi connectivity index (χ4v) is 3.71. The summed E-state index contributed by atoms with van der Waals surface area (Å²) in [7, 11) is 3.25. The molecule has 0 aliphatic heterocycles. The largest absolute Gasteiger partial charge is 0.495 e. The van der Waals surface area contributed by atoms with Crippen LogP contribution < -0.4 is 15.6 Å². The number of carbonyl (C=O) groups excluding carboxylic acids is 2. The first-order valence-corrected chi connectivity index (χ1v) is 13.4. The predicted molar refractivity (Wildman–Crippen MR) is 163 cm³/mol. The molecule has 0 radical (unpaired) electrons. The second kappa shape index (κ2) is 17.0. The molecule has 2 N–H and O–H groups in total. The minimum absolute atomic E-state index is 0.0503. The van der Waals surface area contributed by atoms with Crippen LogP contribution in [0.1, 0.15) is 61.8 Å². The van der Waals surface area contributed by atoms with Gasteiger partial charge in [0.2, 0.25) is 0 Å². The lowest BCUT2D eigenvalue weighted by molar-refractivity contribution is -0.108. The van der Waals surface area contributed by atoms with E-state index in [1.165, 1.54) is 23.9 Å². The lowest BCUT2D eigenvalue weighted by Gasteiger charge is -2.17. The molecule has 3 rings (SSSR count). The van der Waals surface area contributed by atoms with Gasteiger partial charge in [0, 0.05) is 48.0 Å². The summed E-state index contributed by atoms with van der Waals surface area (Å²) >= 11 is 6.05. The van der Waals surface area contributed by atoms with Crippen molar-refractivity contribution in [3.63, 3.8) is 0 Å². The van der Waals surface area contributed by atoms with Crippen molar-refractivity contribution in [1.82, 2.24) is 4.57 Å². The van der Waals surface area contributed by atoms with Crippen LogP contribution in [0.2, 0.25) is 5.02 Å². The van der Waals surface area contributed by atoms with E-state index in [4.69, 9.17) is 26.2 Å². The number of halogens is 1. The van der Waals surface area contributed by atoms with Gasteiger partial charge in [-0.3, -0.25) is 9.59 Å². The summed E-state index contributed by atoms with van der Waals surface area (Å²) < 4.78 is 11.8. The van der Waals surface area contributed by atoms with E-state index in [2.05, 4.69) is 26.1 Å². The highest BCUT2D eigenvalue weighted by molar-refractivity contribution is 6.31. The fraction of sp³-hybridized carbons (Fsp3) is 0.355. The molecule has 2 aromatic carbocycles. The molecule has 0 saturated heterocycles. The summed E-state index contributed by atoms with van der Waals surface area (Å²) in [5.41, 5.74) is 2.40. The number of rotatable bonds is 9. The van der Waals surface area contributed by atoms with E-state index in [1.807, 2.05) is 6.92 Å². The highest BCUT2D eigenvalue weighted by Crippen LogP contribution is 2.33. The van der Waals surface area contributed by atoms with E-state index >= 15 is 0 Å². The zero-order valence-corrected chi connectivity index (χ0v) is 25.4. The third kappa shape index (κ3) is 11.6. The molecule has 0 fully saturated rings. The number of carboxylic acid groups (broad SMARTS) is 1. The number of aromatic nitrogens is 1. The zero-order chi connectivity index (χ0) is 31.2. The van der Waals surface area contributed by atoms with E-state index in [-0.39, 0.29) is 23.5 Å². The molecule has 10 heteroatoms. The molecule has 0 aliphatic carbocycles. The number of ketones is 1. The van der Waals surface area contributed by atoms with Gasteiger partial charge < -0.3 is 29.3 Å². The second-order valence-electron chi connectivity index (χ2n) is 9.56. The average Bonchev–Trinajstić information content (AvgIpc) is 2.93. The lowest BCUT2D eigenvalue weighted by atomic mass is 9.96. The second-order valence-corrected chi connectivity index (χ2v) is 9.99. The van der Waals surface area contributed by atoms with Gasteiger partial charge >= 0.3 is 5.97 Å². The predicted octanol–water partition coefficient (Wildman–Crippen LogP) is 6.22. The van der Waals surface area contributed by atoms with Crippen molar-refractivity contribution in [3.05, 3.63) is 81.2 Å². The van der Waals surface area contributed by atoms with Crippen molar-refractivity contribution in [2.24, 2.45) is 0 Å². The smallest absolute Gasteiger partial charge is 0.335 e. The zero-order valence-electron chi connectivity index (χ0n) is 24.6. The van der Waals surface area contributed by atoms with Gasteiger partial charge in [-0.2, -0.15) is 0 Å². The highest BCUT2D eigenvalue weighted by Gasteiger charge is 2.17. The van der Waals surface area contributed by atoms with Gasteiger partial charge in [0.05, 0.1) is 31.0 Å².